The molecular weight excluding hydrogens is 212 g/mol. The minimum atomic E-state index is -0.168. The average Bonchev–Trinajstić information content (AvgIpc) is 2.71. The van der Waals surface area contributed by atoms with Crippen LogP contribution in [-0.4, -0.2) is 21.4 Å². The quantitative estimate of drug-likeness (QED) is 0.810. The largest absolute Gasteiger partial charge is 0.335 e. The standard InChI is InChI=1S/C9H14N4OS/c14-8(13-9-10-6-11-15-9)12-7-4-2-1-3-5-7/h6-7H,1-5H2,(H2,10,11,12,13,14). The molecule has 1 aromatic rings. The van der Waals surface area contributed by atoms with E-state index in [-0.39, 0.29) is 6.03 Å². The molecule has 0 aromatic carbocycles. The van der Waals surface area contributed by atoms with Crippen LogP contribution in [0, 0.1) is 0 Å². The number of aromatic nitrogens is 2. The summed E-state index contributed by atoms with van der Waals surface area (Å²) in [6, 6.07) is 0.158. The van der Waals surface area contributed by atoms with Crippen molar-refractivity contribution in [3.8, 4) is 0 Å². The Morgan fingerprint density at radius 2 is 2.20 bits per heavy atom. The summed E-state index contributed by atoms with van der Waals surface area (Å²) in [6.45, 7) is 0. The van der Waals surface area contributed by atoms with Crippen molar-refractivity contribution < 1.29 is 4.79 Å². The first-order chi connectivity index (χ1) is 7.34. The molecule has 2 amide bonds. The molecule has 0 atom stereocenters. The predicted octanol–water partition coefficient (Wildman–Crippen LogP) is 1.99. The van der Waals surface area contributed by atoms with Gasteiger partial charge in [0.2, 0.25) is 5.13 Å². The van der Waals surface area contributed by atoms with Crippen molar-refractivity contribution in [1.29, 1.82) is 0 Å². The van der Waals surface area contributed by atoms with Gasteiger partial charge in [0.05, 0.1) is 0 Å². The van der Waals surface area contributed by atoms with E-state index >= 15 is 0 Å². The van der Waals surface area contributed by atoms with Gasteiger partial charge in [-0.3, -0.25) is 5.32 Å². The van der Waals surface area contributed by atoms with E-state index < -0.39 is 0 Å². The molecule has 0 spiro atoms. The molecule has 2 rings (SSSR count). The van der Waals surface area contributed by atoms with Gasteiger partial charge in [0, 0.05) is 17.6 Å². The maximum atomic E-state index is 11.5. The van der Waals surface area contributed by atoms with Crippen LogP contribution in [0.25, 0.3) is 0 Å². The SMILES string of the molecule is O=C(Nc1ncns1)NC1CCCCC1. The lowest BCUT2D eigenvalue weighted by Crippen LogP contribution is -2.38. The molecule has 0 saturated heterocycles. The van der Waals surface area contributed by atoms with E-state index in [2.05, 4.69) is 20.0 Å². The van der Waals surface area contributed by atoms with E-state index in [0.717, 1.165) is 12.8 Å². The molecule has 1 aliphatic rings. The molecule has 1 aliphatic carbocycles. The highest BCUT2D eigenvalue weighted by Crippen LogP contribution is 2.17. The van der Waals surface area contributed by atoms with Gasteiger partial charge in [0.1, 0.15) is 6.33 Å². The predicted molar refractivity (Wildman–Crippen MR) is 58.9 cm³/mol. The third-order valence-corrected chi connectivity index (χ3v) is 3.10. The Kier molecular flexibility index (Phi) is 3.49. The monoisotopic (exact) mass is 226 g/mol. The van der Waals surface area contributed by atoms with Crippen LogP contribution in [-0.2, 0) is 0 Å². The summed E-state index contributed by atoms with van der Waals surface area (Å²) in [5.74, 6) is 0. The van der Waals surface area contributed by atoms with E-state index in [9.17, 15) is 4.79 Å². The highest BCUT2D eigenvalue weighted by atomic mass is 32.1. The second-order valence-corrected chi connectivity index (χ2v) is 4.46. The molecule has 0 unspecified atom stereocenters. The number of carbonyl (C=O) groups excluding carboxylic acids is 1. The van der Waals surface area contributed by atoms with Gasteiger partial charge in [0.25, 0.3) is 0 Å². The van der Waals surface area contributed by atoms with E-state index in [1.165, 1.54) is 37.1 Å². The number of nitrogens with one attached hydrogen (secondary N) is 2. The number of rotatable bonds is 2. The summed E-state index contributed by atoms with van der Waals surface area (Å²) in [6.07, 6.45) is 7.32. The molecule has 0 bridgehead atoms. The third-order valence-electron chi connectivity index (χ3n) is 2.52. The Labute approximate surface area is 92.5 Å². The van der Waals surface area contributed by atoms with Crippen LogP contribution in [0.4, 0.5) is 9.93 Å². The summed E-state index contributed by atoms with van der Waals surface area (Å²) < 4.78 is 3.81. The maximum absolute atomic E-state index is 11.5. The van der Waals surface area contributed by atoms with Crippen molar-refractivity contribution in [3.63, 3.8) is 0 Å². The summed E-state index contributed by atoms with van der Waals surface area (Å²) in [4.78, 5) is 15.4. The summed E-state index contributed by atoms with van der Waals surface area (Å²) in [5.41, 5.74) is 0. The lowest BCUT2D eigenvalue weighted by molar-refractivity contribution is 0.244. The van der Waals surface area contributed by atoms with E-state index in [1.54, 1.807) is 0 Å². The second kappa shape index (κ2) is 5.06. The summed E-state index contributed by atoms with van der Waals surface area (Å²) in [7, 11) is 0. The van der Waals surface area contributed by atoms with Gasteiger partial charge in [-0.15, -0.1) is 0 Å². The van der Waals surface area contributed by atoms with Gasteiger partial charge in [-0.1, -0.05) is 19.3 Å². The second-order valence-electron chi connectivity index (χ2n) is 3.68. The molecule has 0 aliphatic heterocycles. The normalized spacial score (nSPS) is 17.3. The van der Waals surface area contributed by atoms with Gasteiger partial charge < -0.3 is 5.32 Å². The molecule has 1 fully saturated rings. The van der Waals surface area contributed by atoms with Gasteiger partial charge in [0.15, 0.2) is 0 Å². The molecule has 2 N–H and O–H groups in total. The summed E-state index contributed by atoms with van der Waals surface area (Å²) >= 11 is 1.18. The highest BCUT2D eigenvalue weighted by Gasteiger charge is 2.15. The van der Waals surface area contributed by atoms with E-state index in [0.29, 0.717) is 11.2 Å². The number of urea groups is 1. The minimum absolute atomic E-state index is 0.168. The van der Waals surface area contributed by atoms with Crippen molar-refractivity contribution in [1.82, 2.24) is 14.7 Å². The highest BCUT2D eigenvalue weighted by molar-refractivity contribution is 7.09. The van der Waals surface area contributed by atoms with Crippen LogP contribution < -0.4 is 10.6 Å². The molecule has 1 aromatic heterocycles. The lowest BCUT2D eigenvalue weighted by atomic mass is 9.96. The fourth-order valence-electron chi connectivity index (χ4n) is 1.79. The van der Waals surface area contributed by atoms with Gasteiger partial charge in [-0.25, -0.2) is 9.78 Å². The van der Waals surface area contributed by atoms with E-state index in [1.807, 2.05) is 0 Å². The zero-order valence-electron chi connectivity index (χ0n) is 8.40. The number of carbonyl (C=O) groups is 1. The van der Waals surface area contributed by atoms with Crippen LogP contribution in [0.2, 0.25) is 0 Å². The van der Waals surface area contributed by atoms with Gasteiger partial charge >= 0.3 is 6.03 Å². The Bertz CT molecular complexity index is 308. The van der Waals surface area contributed by atoms with Crippen LogP contribution in [0.5, 0.6) is 0 Å². The van der Waals surface area contributed by atoms with E-state index in [4.69, 9.17) is 0 Å². The van der Waals surface area contributed by atoms with Crippen molar-refractivity contribution in [2.45, 2.75) is 38.1 Å². The zero-order chi connectivity index (χ0) is 10.5. The lowest BCUT2D eigenvalue weighted by Gasteiger charge is -2.22. The molecule has 6 heteroatoms. The third kappa shape index (κ3) is 3.16. The first-order valence-corrected chi connectivity index (χ1v) is 5.96. The molecule has 15 heavy (non-hydrogen) atoms. The number of hydrogen-bond acceptors (Lipinski definition) is 4. The average molecular weight is 226 g/mol. The number of amides is 2. The van der Waals surface area contributed by atoms with Crippen molar-refractivity contribution in [2.75, 3.05) is 5.32 Å². The van der Waals surface area contributed by atoms with Gasteiger partial charge in [-0.05, 0) is 12.8 Å². The fraction of sp³-hybridized carbons (Fsp3) is 0.667. The van der Waals surface area contributed by atoms with Crippen molar-refractivity contribution in [2.24, 2.45) is 0 Å². The minimum Gasteiger partial charge on any atom is -0.335 e. The van der Waals surface area contributed by atoms with Crippen LogP contribution >= 0.6 is 11.5 Å². The fourth-order valence-corrected chi connectivity index (χ4v) is 2.22. The Hall–Kier alpha value is -1.17. The van der Waals surface area contributed by atoms with Crippen LogP contribution in [0.15, 0.2) is 6.33 Å². The number of anilines is 1. The topological polar surface area (TPSA) is 66.9 Å². The zero-order valence-corrected chi connectivity index (χ0v) is 9.22. The number of hydrogen-bond donors (Lipinski definition) is 2. The first kappa shape index (κ1) is 10.4. The smallest absolute Gasteiger partial charge is 0.321 e. The van der Waals surface area contributed by atoms with Crippen LogP contribution in [0.1, 0.15) is 32.1 Å². The summed E-state index contributed by atoms with van der Waals surface area (Å²) in [5, 5.41) is 6.15. The van der Waals surface area contributed by atoms with Gasteiger partial charge in [-0.2, -0.15) is 4.37 Å². The first-order valence-electron chi connectivity index (χ1n) is 5.19. The number of nitrogens with zero attached hydrogens (tertiary/aromatic N) is 2. The molecule has 1 saturated carbocycles. The van der Waals surface area contributed by atoms with Crippen molar-refractivity contribution >= 4 is 22.7 Å². The maximum Gasteiger partial charge on any atom is 0.321 e. The molecule has 82 valence electrons. The molecular formula is C9H14N4OS. The van der Waals surface area contributed by atoms with Crippen molar-refractivity contribution in [3.05, 3.63) is 6.33 Å². The van der Waals surface area contributed by atoms with Crippen LogP contribution in [0.3, 0.4) is 0 Å². The molecule has 5 nitrogen and oxygen atoms in total. The Morgan fingerprint density at radius 1 is 1.40 bits per heavy atom. The Balaban J connectivity index is 1.76. The molecule has 0 radical (unpaired) electrons. The molecule has 1 heterocycles. The Morgan fingerprint density at radius 3 is 2.87 bits per heavy atom.